The van der Waals surface area contributed by atoms with E-state index in [1.807, 2.05) is 54.6 Å². The Kier molecular flexibility index (Phi) is 8.53. The molecule has 1 saturated heterocycles. The lowest BCUT2D eigenvalue weighted by Gasteiger charge is -2.31. The third-order valence-electron chi connectivity index (χ3n) is 6.22. The molecule has 0 bridgehead atoms. The van der Waals surface area contributed by atoms with Crippen molar-refractivity contribution in [2.24, 2.45) is 0 Å². The number of methoxy groups -OCH3 is 1. The van der Waals surface area contributed by atoms with Crippen LogP contribution < -0.4 is 4.74 Å². The van der Waals surface area contributed by atoms with E-state index >= 15 is 0 Å². The van der Waals surface area contributed by atoms with E-state index in [2.05, 4.69) is 4.74 Å². The summed E-state index contributed by atoms with van der Waals surface area (Å²) in [4.78, 5) is 23.7. The van der Waals surface area contributed by atoms with Crippen LogP contribution in [0.25, 0.3) is 10.4 Å². The smallest absolute Gasteiger partial charge is 0.349 e. The molecule has 0 spiro atoms. The van der Waals surface area contributed by atoms with Gasteiger partial charge in [-0.15, -0.1) is 11.3 Å². The van der Waals surface area contributed by atoms with Crippen LogP contribution >= 0.6 is 22.9 Å². The molecule has 37 heavy (non-hydrogen) atoms. The summed E-state index contributed by atoms with van der Waals surface area (Å²) in [7, 11) is -2.20. The molecule has 0 saturated carbocycles. The number of ether oxygens (including phenoxy) is 2. The number of benzene rings is 2. The number of halogens is 1. The van der Waals surface area contributed by atoms with Gasteiger partial charge in [0.05, 0.1) is 17.7 Å². The average molecular weight is 564 g/mol. The zero-order valence-electron chi connectivity index (χ0n) is 20.1. The molecular formula is C26H26ClNO7S2. The Labute approximate surface area is 224 Å². The maximum atomic E-state index is 12.9. The molecule has 3 aromatic rings. The number of piperidine rings is 1. The molecule has 196 valence electrons. The van der Waals surface area contributed by atoms with Crippen LogP contribution in [-0.2, 0) is 25.3 Å². The fraction of sp³-hybridized carbons (Fsp3) is 0.308. The molecule has 0 amide bonds. The number of hydrogen-bond donors (Lipinski definition) is 1. The maximum absolute atomic E-state index is 12.9. The van der Waals surface area contributed by atoms with Crippen molar-refractivity contribution in [1.29, 1.82) is 0 Å². The van der Waals surface area contributed by atoms with E-state index in [0.717, 1.165) is 28.0 Å². The van der Waals surface area contributed by atoms with Crippen LogP contribution in [0.3, 0.4) is 0 Å². The van der Waals surface area contributed by atoms with E-state index in [1.54, 1.807) is 4.31 Å². The minimum atomic E-state index is -3.41. The van der Waals surface area contributed by atoms with E-state index in [4.69, 9.17) is 16.3 Å². The largest absolute Gasteiger partial charge is 0.479 e. The highest BCUT2D eigenvalue weighted by Crippen LogP contribution is 2.46. The Balaban J connectivity index is 1.49. The summed E-state index contributed by atoms with van der Waals surface area (Å²) in [6.07, 6.45) is 1.34. The first kappa shape index (κ1) is 27.1. The zero-order valence-corrected chi connectivity index (χ0v) is 22.4. The average Bonchev–Trinajstić information content (AvgIpc) is 3.24. The number of hydrogen-bond acceptors (Lipinski definition) is 7. The number of carboxylic acid groups (broad SMARTS) is 1. The number of esters is 1. The normalized spacial score (nSPS) is 14.9. The quantitative estimate of drug-likeness (QED) is 0.364. The molecule has 0 aliphatic carbocycles. The Hall–Kier alpha value is -2.92. The summed E-state index contributed by atoms with van der Waals surface area (Å²) in [5, 5.41) is 9.73. The number of sulfonamides is 1. The number of rotatable bonds is 9. The predicted octanol–water partition coefficient (Wildman–Crippen LogP) is 5.03. The Bertz CT molecular complexity index is 1380. The zero-order chi connectivity index (χ0) is 26.6. The molecule has 4 rings (SSSR count). The van der Waals surface area contributed by atoms with Crippen LogP contribution in [0.15, 0.2) is 54.6 Å². The van der Waals surface area contributed by atoms with E-state index in [0.29, 0.717) is 30.8 Å². The number of carbonyl (C=O) groups is 2. The van der Waals surface area contributed by atoms with Gasteiger partial charge in [0, 0.05) is 13.1 Å². The van der Waals surface area contributed by atoms with Crippen LogP contribution in [0.1, 0.15) is 39.6 Å². The second kappa shape index (κ2) is 11.6. The molecule has 1 aliphatic heterocycles. The van der Waals surface area contributed by atoms with Gasteiger partial charge in [0.25, 0.3) is 0 Å². The van der Waals surface area contributed by atoms with Gasteiger partial charge in [0.2, 0.25) is 10.0 Å². The van der Waals surface area contributed by atoms with Gasteiger partial charge in [0.15, 0.2) is 17.2 Å². The van der Waals surface area contributed by atoms with Crippen LogP contribution in [0.5, 0.6) is 5.75 Å². The van der Waals surface area contributed by atoms with Gasteiger partial charge < -0.3 is 14.6 Å². The van der Waals surface area contributed by atoms with Gasteiger partial charge in [0.1, 0.15) is 5.02 Å². The lowest BCUT2D eigenvalue weighted by atomic mass is 9.89. The summed E-state index contributed by atoms with van der Waals surface area (Å²) in [5.74, 6) is -1.80. The van der Waals surface area contributed by atoms with Gasteiger partial charge >= 0.3 is 11.9 Å². The summed E-state index contributed by atoms with van der Waals surface area (Å²) in [5.41, 5.74) is 2.51. The molecule has 1 aliphatic rings. The molecule has 8 nitrogen and oxygen atoms in total. The summed E-state index contributed by atoms with van der Waals surface area (Å²) in [6.45, 7) is 0.398. The first-order valence-corrected chi connectivity index (χ1v) is 14.4. The minimum Gasteiger partial charge on any atom is -0.479 e. The van der Waals surface area contributed by atoms with Crippen molar-refractivity contribution in [3.05, 3.63) is 75.6 Å². The summed E-state index contributed by atoms with van der Waals surface area (Å²) in [6, 6.07) is 16.8. The van der Waals surface area contributed by atoms with E-state index in [-0.39, 0.29) is 27.3 Å². The van der Waals surface area contributed by atoms with Crippen LogP contribution in [-0.4, -0.2) is 56.6 Å². The highest BCUT2D eigenvalue weighted by Gasteiger charge is 2.30. The Morgan fingerprint density at radius 3 is 2.46 bits per heavy atom. The molecule has 2 heterocycles. The van der Waals surface area contributed by atoms with Crippen molar-refractivity contribution in [2.75, 3.05) is 26.8 Å². The highest BCUT2D eigenvalue weighted by atomic mass is 35.5. The molecule has 2 aromatic carbocycles. The number of thiophene rings is 1. The number of carboxylic acids is 1. The molecule has 0 unspecified atom stereocenters. The topological polar surface area (TPSA) is 110 Å². The van der Waals surface area contributed by atoms with Crippen molar-refractivity contribution < 1.29 is 32.6 Å². The predicted molar refractivity (Wildman–Crippen MR) is 142 cm³/mol. The van der Waals surface area contributed by atoms with Gasteiger partial charge in [-0.05, 0) is 35.4 Å². The van der Waals surface area contributed by atoms with Gasteiger partial charge in [-0.3, -0.25) is 0 Å². The summed E-state index contributed by atoms with van der Waals surface area (Å²) < 4.78 is 37.3. The number of aromatic carboxylic acids is 1. The third-order valence-corrected chi connectivity index (χ3v) is 9.76. The SMILES string of the molecule is COC(=O)COc1c(C(=O)O)sc(-c2cccc(C3CCN(S(=O)(=O)Cc4ccccc4)CC3)c2)c1Cl. The van der Waals surface area contributed by atoms with Crippen molar-refractivity contribution in [3.8, 4) is 16.2 Å². The van der Waals surface area contributed by atoms with E-state index in [1.165, 1.54) is 7.11 Å². The lowest BCUT2D eigenvalue weighted by Crippen LogP contribution is -2.38. The Morgan fingerprint density at radius 2 is 1.81 bits per heavy atom. The first-order chi connectivity index (χ1) is 17.7. The first-order valence-electron chi connectivity index (χ1n) is 11.6. The second-order valence-electron chi connectivity index (χ2n) is 8.61. The van der Waals surface area contributed by atoms with Gasteiger partial charge in [-0.25, -0.2) is 22.3 Å². The van der Waals surface area contributed by atoms with Crippen LogP contribution in [0.4, 0.5) is 0 Å². The fourth-order valence-corrected chi connectivity index (χ4v) is 7.28. The molecular weight excluding hydrogens is 538 g/mol. The van der Waals surface area contributed by atoms with Crippen LogP contribution in [0, 0.1) is 0 Å². The fourth-order valence-electron chi connectivity index (χ4n) is 4.32. The second-order valence-corrected chi connectivity index (χ2v) is 12.0. The standard InChI is InChI=1S/C26H26ClNO7S2/c1-34-21(29)15-35-23-22(27)24(36-25(23)26(30)31)20-9-5-8-19(14-20)18-10-12-28(13-11-18)37(32,33)16-17-6-3-2-4-7-17/h2-9,14,18H,10-13,15-16H2,1H3,(H,30,31). The summed E-state index contributed by atoms with van der Waals surface area (Å²) >= 11 is 7.48. The van der Waals surface area contributed by atoms with E-state index < -0.39 is 28.6 Å². The molecule has 0 atom stereocenters. The van der Waals surface area contributed by atoms with E-state index in [9.17, 15) is 23.1 Å². The van der Waals surface area contributed by atoms with Crippen molar-refractivity contribution in [1.82, 2.24) is 4.31 Å². The number of nitrogens with zero attached hydrogens (tertiary/aromatic N) is 1. The molecule has 1 aromatic heterocycles. The van der Waals surface area contributed by atoms with Crippen molar-refractivity contribution in [3.63, 3.8) is 0 Å². The maximum Gasteiger partial charge on any atom is 0.349 e. The highest BCUT2D eigenvalue weighted by molar-refractivity contribution is 7.88. The van der Waals surface area contributed by atoms with Crippen LogP contribution in [0.2, 0.25) is 5.02 Å². The van der Waals surface area contributed by atoms with Crippen molar-refractivity contribution in [2.45, 2.75) is 24.5 Å². The molecule has 1 N–H and O–H groups in total. The van der Waals surface area contributed by atoms with Gasteiger partial charge in [-0.2, -0.15) is 0 Å². The molecule has 0 radical (unpaired) electrons. The number of carbonyl (C=O) groups excluding carboxylic acids is 1. The Morgan fingerprint density at radius 1 is 1.11 bits per heavy atom. The monoisotopic (exact) mass is 563 g/mol. The molecule has 1 fully saturated rings. The lowest BCUT2D eigenvalue weighted by molar-refractivity contribution is -0.142. The third kappa shape index (κ3) is 6.32. The molecule has 11 heteroatoms. The minimum absolute atomic E-state index is 0.0167. The van der Waals surface area contributed by atoms with Gasteiger partial charge in [-0.1, -0.05) is 66.2 Å². The van der Waals surface area contributed by atoms with Crippen molar-refractivity contribution >= 4 is 44.9 Å².